The maximum atomic E-state index is 11.9. The van der Waals surface area contributed by atoms with Crippen molar-refractivity contribution >= 4 is 17.5 Å². The molecule has 0 bridgehead atoms. The Hall–Kier alpha value is -2.20. The van der Waals surface area contributed by atoms with E-state index in [1.54, 1.807) is 24.3 Å². The molecule has 0 atom stereocenters. The van der Waals surface area contributed by atoms with E-state index < -0.39 is 0 Å². The summed E-state index contributed by atoms with van der Waals surface area (Å²) >= 11 is 5.81. The average Bonchev–Trinajstić information content (AvgIpc) is 2.65. The second-order valence-electron chi connectivity index (χ2n) is 6.08. The highest BCUT2D eigenvalue weighted by molar-refractivity contribution is 6.30. The Morgan fingerprint density at radius 2 is 1.68 bits per heavy atom. The number of hydrogen-bond donors (Lipinski definition) is 1. The van der Waals surface area contributed by atoms with Gasteiger partial charge >= 0.3 is 0 Å². The van der Waals surface area contributed by atoms with Gasteiger partial charge in [-0.3, -0.25) is 4.79 Å². The van der Waals surface area contributed by atoms with Gasteiger partial charge in [0.25, 0.3) is 5.91 Å². The second kappa shape index (κ2) is 8.77. The molecule has 5 heteroatoms. The zero-order valence-electron chi connectivity index (χ0n) is 14.1. The number of nitrogens with one attached hydrogen (secondary N) is 1. The molecule has 0 spiro atoms. The molecule has 0 fully saturated rings. The topological polar surface area (TPSA) is 47.6 Å². The molecule has 0 aromatic heterocycles. The van der Waals surface area contributed by atoms with Gasteiger partial charge in [-0.1, -0.05) is 17.7 Å². The molecule has 0 heterocycles. The first-order valence-corrected chi connectivity index (χ1v) is 8.98. The van der Waals surface area contributed by atoms with Gasteiger partial charge in [-0.2, -0.15) is 0 Å². The number of carbonyl (C=O) groups is 1. The van der Waals surface area contributed by atoms with Crippen LogP contribution >= 0.6 is 11.6 Å². The van der Waals surface area contributed by atoms with Gasteiger partial charge in [-0.05, 0) is 73.2 Å². The van der Waals surface area contributed by atoms with Crippen LogP contribution in [-0.2, 0) is 17.6 Å². The van der Waals surface area contributed by atoms with Gasteiger partial charge < -0.3 is 14.8 Å². The summed E-state index contributed by atoms with van der Waals surface area (Å²) < 4.78 is 11.1. The maximum absolute atomic E-state index is 11.9. The van der Waals surface area contributed by atoms with Gasteiger partial charge in [0.2, 0.25) is 0 Å². The summed E-state index contributed by atoms with van der Waals surface area (Å²) in [5.74, 6) is 1.33. The monoisotopic (exact) mass is 359 g/mol. The van der Waals surface area contributed by atoms with E-state index in [1.807, 2.05) is 6.07 Å². The third kappa shape index (κ3) is 5.40. The van der Waals surface area contributed by atoms with Crippen molar-refractivity contribution in [3.63, 3.8) is 0 Å². The molecule has 1 aliphatic rings. The number of fused-ring (bicyclic) bond motifs is 1. The summed E-state index contributed by atoms with van der Waals surface area (Å²) in [5.41, 5.74) is 2.75. The molecule has 1 amide bonds. The van der Waals surface area contributed by atoms with Crippen LogP contribution in [0.1, 0.15) is 24.0 Å². The number of ether oxygens (including phenoxy) is 2. The summed E-state index contributed by atoms with van der Waals surface area (Å²) in [6.07, 6.45) is 4.72. The van der Waals surface area contributed by atoms with Crippen molar-refractivity contribution in [1.29, 1.82) is 0 Å². The first-order chi connectivity index (χ1) is 12.2. The molecule has 2 aromatic carbocycles. The highest BCUT2D eigenvalue weighted by atomic mass is 35.5. The Morgan fingerprint density at radius 1 is 0.960 bits per heavy atom. The second-order valence-corrected chi connectivity index (χ2v) is 6.52. The fourth-order valence-electron chi connectivity index (χ4n) is 2.89. The molecule has 0 unspecified atom stereocenters. The average molecular weight is 360 g/mol. The van der Waals surface area contributed by atoms with Crippen LogP contribution in [0.5, 0.6) is 11.5 Å². The van der Waals surface area contributed by atoms with Gasteiger partial charge in [0, 0.05) is 5.02 Å². The van der Waals surface area contributed by atoms with Crippen LogP contribution in [0.4, 0.5) is 0 Å². The fourth-order valence-corrected chi connectivity index (χ4v) is 3.02. The van der Waals surface area contributed by atoms with Crippen molar-refractivity contribution in [2.75, 3.05) is 19.8 Å². The molecule has 0 aliphatic heterocycles. The smallest absolute Gasteiger partial charge is 0.258 e. The molecule has 25 heavy (non-hydrogen) atoms. The predicted octanol–water partition coefficient (Wildman–Crippen LogP) is 3.79. The number of amides is 1. The van der Waals surface area contributed by atoms with E-state index in [1.165, 1.54) is 24.0 Å². The van der Waals surface area contributed by atoms with Crippen LogP contribution in [0, 0.1) is 0 Å². The normalized spacial score (nSPS) is 13.0. The lowest BCUT2D eigenvalue weighted by Gasteiger charge is -2.16. The number of aryl methyl sites for hydroxylation is 2. The number of carbonyl (C=O) groups excluding carboxylic acids is 1. The lowest BCUT2D eigenvalue weighted by atomic mass is 9.92. The van der Waals surface area contributed by atoms with E-state index >= 15 is 0 Å². The molecule has 1 aliphatic carbocycles. The number of benzene rings is 2. The third-order valence-electron chi connectivity index (χ3n) is 4.20. The molecule has 0 saturated carbocycles. The van der Waals surface area contributed by atoms with Crippen molar-refractivity contribution in [2.24, 2.45) is 0 Å². The molecule has 0 saturated heterocycles. The SMILES string of the molecule is O=C(COc1ccc2c(c1)CCCC2)NCCOc1ccc(Cl)cc1. The zero-order valence-corrected chi connectivity index (χ0v) is 14.8. The Morgan fingerprint density at radius 3 is 2.48 bits per heavy atom. The summed E-state index contributed by atoms with van der Waals surface area (Å²) in [6.45, 7) is 0.834. The van der Waals surface area contributed by atoms with Crippen LogP contribution in [0.2, 0.25) is 5.02 Å². The minimum atomic E-state index is -0.155. The molecule has 1 N–H and O–H groups in total. The Bertz CT molecular complexity index is 715. The third-order valence-corrected chi connectivity index (χ3v) is 4.45. The minimum Gasteiger partial charge on any atom is -0.492 e. The van der Waals surface area contributed by atoms with Crippen LogP contribution in [0.15, 0.2) is 42.5 Å². The van der Waals surface area contributed by atoms with E-state index in [0.717, 1.165) is 24.3 Å². The van der Waals surface area contributed by atoms with E-state index in [0.29, 0.717) is 18.2 Å². The van der Waals surface area contributed by atoms with Gasteiger partial charge in [0.15, 0.2) is 6.61 Å². The summed E-state index contributed by atoms with van der Waals surface area (Å²) in [6, 6.07) is 13.2. The van der Waals surface area contributed by atoms with Crippen molar-refractivity contribution in [3.05, 3.63) is 58.6 Å². The molecule has 2 aromatic rings. The van der Waals surface area contributed by atoms with Gasteiger partial charge in [-0.25, -0.2) is 0 Å². The lowest BCUT2D eigenvalue weighted by Crippen LogP contribution is -2.32. The molecule has 0 radical (unpaired) electrons. The standard InChI is InChI=1S/C20H22ClNO3/c21-17-6-9-18(10-7-17)24-12-11-22-20(23)14-25-19-8-5-15-3-1-2-4-16(15)13-19/h5-10,13H,1-4,11-12,14H2,(H,22,23). The highest BCUT2D eigenvalue weighted by Crippen LogP contribution is 2.25. The van der Waals surface area contributed by atoms with Crippen molar-refractivity contribution in [2.45, 2.75) is 25.7 Å². The van der Waals surface area contributed by atoms with E-state index in [9.17, 15) is 4.79 Å². The van der Waals surface area contributed by atoms with E-state index in [2.05, 4.69) is 17.4 Å². The Kier molecular flexibility index (Phi) is 6.18. The quantitative estimate of drug-likeness (QED) is 0.765. The Balaban J connectivity index is 1.36. The first-order valence-electron chi connectivity index (χ1n) is 8.60. The minimum absolute atomic E-state index is 0.0136. The van der Waals surface area contributed by atoms with Crippen LogP contribution in [0.3, 0.4) is 0 Å². The molecule has 3 rings (SSSR count). The zero-order chi connectivity index (χ0) is 17.5. The van der Waals surface area contributed by atoms with Gasteiger partial charge in [0.1, 0.15) is 18.1 Å². The van der Waals surface area contributed by atoms with Crippen molar-refractivity contribution < 1.29 is 14.3 Å². The van der Waals surface area contributed by atoms with E-state index in [4.69, 9.17) is 21.1 Å². The van der Waals surface area contributed by atoms with Crippen molar-refractivity contribution in [3.8, 4) is 11.5 Å². The van der Waals surface area contributed by atoms with Gasteiger partial charge in [-0.15, -0.1) is 0 Å². The largest absolute Gasteiger partial charge is 0.492 e. The summed E-state index contributed by atoms with van der Waals surface area (Å²) in [7, 11) is 0. The van der Waals surface area contributed by atoms with Crippen LogP contribution in [0.25, 0.3) is 0 Å². The highest BCUT2D eigenvalue weighted by Gasteiger charge is 2.10. The lowest BCUT2D eigenvalue weighted by molar-refractivity contribution is -0.123. The number of halogens is 1. The number of hydrogen-bond acceptors (Lipinski definition) is 3. The maximum Gasteiger partial charge on any atom is 0.258 e. The predicted molar refractivity (Wildman–Crippen MR) is 98.5 cm³/mol. The Labute approximate surface area is 153 Å². The van der Waals surface area contributed by atoms with Crippen molar-refractivity contribution in [1.82, 2.24) is 5.32 Å². The molecular weight excluding hydrogens is 338 g/mol. The summed E-state index contributed by atoms with van der Waals surface area (Å²) in [5, 5.41) is 3.45. The molecule has 4 nitrogen and oxygen atoms in total. The van der Waals surface area contributed by atoms with Crippen LogP contribution < -0.4 is 14.8 Å². The summed E-state index contributed by atoms with van der Waals surface area (Å²) in [4.78, 5) is 11.9. The van der Waals surface area contributed by atoms with E-state index in [-0.39, 0.29) is 12.5 Å². The number of rotatable bonds is 7. The fraction of sp³-hybridized carbons (Fsp3) is 0.350. The molecule has 132 valence electrons. The first kappa shape index (κ1) is 17.6. The van der Waals surface area contributed by atoms with Gasteiger partial charge in [0.05, 0.1) is 6.54 Å². The molecular formula is C20H22ClNO3. The van der Waals surface area contributed by atoms with Crippen LogP contribution in [-0.4, -0.2) is 25.7 Å².